The van der Waals surface area contributed by atoms with Crippen molar-refractivity contribution in [1.82, 2.24) is 20.4 Å². The Hall–Kier alpha value is -1.63. The van der Waals surface area contributed by atoms with Crippen LogP contribution < -0.4 is 16.0 Å². The van der Waals surface area contributed by atoms with Crippen LogP contribution in [-0.2, 0) is 11.2 Å². The van der Waals surface area contributed by atoms with Gasteiger partial charge in [0.1, 0.15) is 6.04 Å². The molecule has 188 valence electrons. The summed E-state index contributed by atoms with van der Waals surface area (Å²) in [6.07, 6.45) is 9.43. The molecule has 1 aromatic rings. The summed E-state index contributed by atoms with van der Waals surface area (Å²) in [7, 11) is 4.35. The summed E-state index contributed by atoms with van der Waals surface area (Å²) in [4.78, 5) is 18.5. The van der Waals surface area contributed by atoms with Gasteiger partial charge < -0.3 is 15.5 Å². The Morgan fingerprint density at radius 1 is 1.18 bits per heavy atom. The van der Waals surface area contributed by atoms with Crippen LogP contribution in [0.2, 0.25) is 0 Å². The molecule has 3 N–H and O–H groups in total. The quantitative estimate of drug-likeness (QED) is 0.581. The SMILES string of the molecule is Cc1cccc2c1NC(C(=O)NC1CN3C(CN(C)C)CNC3C(C3CCCCCC3)C1C)C2. The van der Waals surface area contributed by atoms with Gasteiger partial charge in [-0.05, 0) is 49.9 Å². The lowest BCUT2D eigenvalue weighted by Gasteiger charge is -2.50. The van der Waals surface area contributed by atoms with E-state index in [0.717, 1.165) is 37.7 Å². The molecule has 34 heavy (non-hydrogen) atoms. The molecule has 1 amide bonds. The fourth-order valence-electron chi connectivity index (χ4n) is 7.43. The van der Waals surface area contributed by atoms with E-state index in [1.165, 1.54) is 49.7 Å². The summed E-state index contributed by atoms with van der Waals surface area (Å²) in [5.74, 6) is 2.00. The Balaban J connectivity index is 1.33. The standard InChI is InChI=1S/C28H45N5O/c1-18-10-9-13-21-14-23(30-26(18)21)28(34)31-24-17-33-22(16-32(3)4)15-29-27(33)25(19(24)2)20-11-7-5-6-8-12-20/h9-10,13,19-20,22-25,27,29-30H,5-8,11-12,14-17H2,1-4H3,(H,31,34). The van der Waals surface area contributed by atoms with Gasteiger partial charge in [-0.3, -0.25) is 15.0 Å². The van der Waals surface area contributed by atoms with Crippen LogP contribution in [0.1, 0.15) is 56.6 Å². The van der Waals surface area contributed by atoms with E-state index >= 15 is 0 Å². The number of hydrogen-bond donors (Lipinski definition) is 3. The lowest BCUT2D eigenvalue weighted by molar-refractivity contribution is -0.124. The van der Waals surface area contributed by atoms with Crippen molar-refractivity contribution in [3.8, 4) is 0 Å². The Labute approximate surface area is 206 Å². The van der Waals surface area contributed by atoms with Gasteiger partial charge in [-0.25, -0.2) is 0 Å². The Bertz CT molecular complexity index is 864. The van der Waals surface area contributed by atoms with E-state index in [9.17, 15) is 4.79 Å². The number of anilines is 1. The maximum Gasteiger partial charge on any atom is 0.243 e. The largest absolute Gasteiger partial charge is 0.373 e. The smallest absolute Gasteiger partial charge is 0.243 e. The molecule has 5 rings (SSSR count). The fraction of sp³-hybridized carbons (Fsp3) is 0.750. The number of para-hydroxylation sites is 1. The number of nitrogens with one attached hydrogen (secondary N) is 3. The first kappa shape index (κ1) is 24.1. The minimum absolute atomic E-state index is 0.161. The van der Waals surface area contributed by atoms with E-state index in [1.807, 2.05) is 0 Å². The predicted molar refractivity (Wildman–Crippen MR) is 139 cm³/mol. The third kappa shape index (κ3) is 4.74. The zero-order valence-corrected chi connectivity index (χ0v) is 21.6. The van der Waals surface area contributed by atoms with Crippen molar-refractivity contribution in [3.63, 3.8) is 0 Å². The number of hydrogen-bond acceptors (Lipinski definition) is 5. The van der Waals surface area contributed by atoms with Crippen molar-refractivity contribution in [2.75, 3.05) is 39.0 Å². The molecule has 2 saturated heterocycles. The zero-order chi connectivity index (χ0) is 23.8. The topological polar surface area (TPSA) is 59.6 Å². The van der Waals surface area contributed by atoms with Gasteiger partial charge in [0.15, 0.2) is 0 Å². The van der Waals surface area contributed by atoms with E-state index in [2.05, 4.69) is 71.9 Å². The summed E-state index contributed by atoms with van der Waals surface area (Å²) in [6.45, 7) is 7.61. The van der Waals surface area contributed by atoms with Crippen LogP contribution in [0.4, 0.5) is 5.69 Å². The molecule has 0 spiro atoms. The van der Waals surface area contributed by atoms with Gasteiger partial charge in [0.2, 0.25) is 5.91 Å². The summed E-state index contributed by atoms with van der Waals surface area (Å²) < 4.78 is 0. The van der Waals surface area contributed by atoms with Crippen molar-refractivity contribution < 1.29 is 4.79 Å². The monoisotopic (exact) mass is 467 g/mol. The number of aryl methyl sites for hydroxylation is 1. The predicted octanol–water partition coefficient (Wildman–Crippen LogP) is 3.21. The van der Waals surface area contributed by atoms with Gasteiger partial charge in [0.25, 0.3) is 0 Å². The Morgan fingerprint density at radius 3 is 2.65 bits per heavy atom. The molecule has 4 aliphatic rings. The molecule has 6 unspecified atom stereocenters. The van der Waals surface area contributed by atoms with Crippen molar-refractivity contribution in [1.29, 1.82) is 0 Å². The number of piperidine rings is 1. The van der Waals surface area contributed by atoms with Crippen molar-refractivity contribution >= 4 is 11.6 Å². The third-order valence-electron chi connectivity index (χ3n) is 9.17. The van der Waals surface area contributed by atoms with Crippen LogP contribution in [-0.4, -0.2) is 73.7 Å². The van der Waals surface area contributed by atoms with E-state index in [4.69, 9.17) is 0 Å². The second kappa shape index (κ2) is 10.2. The van der Waals surface area contributed by atoms with Crippen LogP contribution in [0.3, 0.4) is 0 Å². The molecule has 6 nitrogen and oxygen atoms in total. The van der Waals surface area contributed by atoms with Gasteiger partial charge in [0, 0.05) is 43.8 Å². The number of likely N-dealkylation sites (N-methyl/N-ethyl adjacent to an activating group) is 1. The fourth-order valence-corrected chi connectivity index (χ4v) is 7.43. The van der Waals surface area contributed by atoms with E-state index in [0.29, 0.717) is 24.0 Å². The first-order valence-corrected chi connectivity index (χ1v) is 13.7. The Kier molecular flexibility index (Phi) is 7.19. The highest BCUT2D eigenvalue weighted by Gasteiger charge is 2.50. The number of rotatable bonds is 5. The summed E-state index contributed by atoms with van der Waals surface area (Å²) >= 11 is 0. The van der Waals surface area contributed by atoms with Crippen molar-refractivity contribution in [3.05, 3.63) is 29.3 Å². The molecular formula is C28H45N5O. The number of benzene rings is 1. The van der Waals surface area contributed by atoms with Crippen LogP contribution in [0.25, 0.3) is 0 Å². The molecule has 0 radical (unpaired) electrons. The molecule has 3 fully saturated rings. The number of carbonyl (C=O) groups is 1. The number of fused-ring (bicyclic) bond motifs is 2. The van der Waals surface area contributed by atoms with Crippen molar-refractivity contribution in [2.45, 2.75) is 83.1 Å². The number of nitrogens with zero attached hydrogens (tertiary/aromatic N) is 2. The molecule has 0 bridgehead atoms. The zero-order valence-electron chi connectivity index (χ0n) is 21.6. The van der Waals surface area contributed by atoms with Gasteiger partial charge in [-0.15, -0.1) is 0 Å². The highest BCUT2D eigenvalue weighted by atomic mass is 16.2. The molecule has 3 aliphatic heterocycles. The highest BCUT2D eigenvalue weighted by molar-refractivity contribution is 5.88. The van der Waals surface area contributed by atoms with Crippen LogP contribution >= 0.6 is 0 Å². The minimum Gasteiger partial charge on any atom is -0.373 e. The third-order valence-corrected chi connectivity index (χ3v) is 9.17. The van der Waals surface area contributed by atoms with Crippen molar-refractivity contribution in [2.24, 2.45) is 17.8 Å². The number of amides is 1. The average Bonchev–Trinajstić information content (AvgIpc) is 3.30. The second-order valence-electron chi connectivity index (χ2n) is 11.8. The van der Waals surface area contributed by atoms with Crippen LogP contribution in [0.5, 0.6) is 0 Å². The van der Waals surface area contributed by atoms with E-state index in [-0.39, 0.29) is 18.0 Å². The van der Waals surface area contributed by atoms with Gasteiger partial charge in [-0.1, -0.05) is 63.6 Å². The summed E-state index contributed by atoms with van der Waals surface area (Å²) in [6, 6.07) is 6.93. The molecule has 0 aromatic heterocycles. The molecule has 1 aromatic carbocycles. The lowest BCUT2D eigenvalue weighted by atomic mass is 9.71. The van der Waals surface area contributed by atoms with Gasteiger partial charge in [0.05, 0.1) is 6.17 Å². The lowest BCUT2D eigenvalue weighted by Crippen LogP contribution is -2.64. The maximum atomic E-state index is 13.5. The molecular weight excluding hydrogens is 422 g/mol. The number of carbonyl (C=O) groups excluding carboxylic acids is 1. The molecule has 3 heterocycles. The van der Waals surface area contributed by atoms with E-state index < -0.39 is 0 Å². The Morgan fingerprint density at radius 2 is 1.94 bits per heavy atom. The molecule has 6 atom stereocenters. The second-order valence-corrected chi connectivity index (χ2v) is 11.8. The maximum absolute atomic E-state index is 13.5. The molecule has 6 heteroatoms. The first-order valence-electron chi connectivity index (χ1n) is 13.7. The highest BCUT2D eigenvalue weighted by Crippen LogP contribution is 2.42. The summed E-state index contributed by atoms with van der Waals surface area (Å²) in [5, 5.41) is 11.0. The van der Waals surface area contributed by atoms with Crippen LogP contribution in [0, 0.1) is 24.7 Å². The average molecular weight is 468 g/mol. The van der Waals surface area contributed by atoms with Gasteiger partial charge in [-0.2, -0.15) is 0 Å². The van der Waals surface area contributed by atoms with Crippen LogP contribution in [0.15, 0.2) is 18.2 Å². The minimum atomic E-state index is -0.161. The van der Waals surface area contributed by atoms with Gasteiger partial charge >= 0.3 is 0 Å². The normalized spacial score (nSPS) is 34.4. The summed E-state index contributed by atoms with van der Waals surface area (Å²) in [5.41, 5.74) is 3.65. The molecule has 1 saturated carbocycles. The molecule has 1 aliphatic carbocycles. The first-order chi connectivity index (χ1) is 16.4. The van der Waals surface area contributed by atoms with E-state index in [1.54, 1.807) is 0 Å².